The third-order valence-corrected chi connectivity index (χ3v) is 3.33. The summed E-state index contributed by atoms with van der Waals surface area (Å²) in [6.45, 7) is 6.31. The monoisotopic (exact) mass is 252 g/mol. The molecule has 1 unspecified atom stereocenters. The molecule has 1 N–H and O–H groups in total. The molecule has 1 aromatic rings. The van der Waals surface area contributed by atoms with Crippen molar-refractivity contribution in [2.24, 2.45) is 0 Å². The Morgan fingerprint density at radius 3 is 3.06 bits per heavy atom. The molecule has 1 fully saturated rings. The summed E-state index contributed by atoms with van der Waals surface area (Å²) < 4.78 is 18.6. The average Bonchev–Trinajstić information content (AvgIpc) is 2.32. The lowest BCUT2D eigenvalue weighted by atomic mass is 10.1. The predicted octanol–water partition coefficient (Wildman–Crippen LogP) is 1.55. The van der Waals surface area contributed by atoms with E-state index >= 15 is 0 Å². The Kier molecular flexibility index (Phi) is 4.69. The quantitative estimate of drug-likeness (QED) is 0.880. The molecule has 4 heteroatoms. The summed E-state index contributed by atoms with van der Waals surface area (Å²) >= 11 is 0. The zero-order valence-electron chi connectivity index (χ0n) is 11.1. The first-order valence-corrected chi connectivity index (χ1v) is 6.41. The number of morpholine rings is 1. The minimum Gasteiger partial charge on any atom is -0.374 e. The molecular formula is C14H21FN2O. The lowest BCUT2D eigenvalue weighted by Gasteiger charge is -2.30. The van der Waals surface area contributed by atoms with Crippen molar-refractivity contribution < 1.29 is 9.13 Å². The number of nitrogens with zero attached hydrogens (tertiary/aromatic N) is 1. The Morgan fingerprint density at radius 2 is 2.33 bits per heavy atom. The van der Waals surface area contributed by atoms with Crippen molar-refractivity contribution >= 4 is 0 Å². The number of nitrogens with one attached hydrogen (secondary N) is 1. The second kappa shape index (κ2) is 6.27. The first kappa shape index (κ1) is 13.5. The first-order valence-electron chi connectivity index (χ1n) is 6.41. The van der Waals surface area contributed by atoms with Gasteiger partial charge >= 0.3 is 0 Å². The molecule has 1 heterocycles. The second-order valence-corrected chi connectivity index (χ2v) is 4.96. The van der Waals surface area contributed by atoms with E-state index in [0.717, 1.165) is 43.9 Å². The van der Waals surface area contributed by atoms with Crippen LogP contribution in [0.2, 0.25) is 0 Å². The highest BCUT2D eigenvalue weighted by molar-refractivity contribution is 5.26. The molecule has 1 saturated heterocycles. The molecule has 1 atom stereocenters. The van der Waals surface area contributed by atoms with Crippen LogP contribution in [-0.2, 0) is 11.3 Å². The fourth-order valence-electron chi connectivity index (χ4n) is 2.22. The van der Waals surface area contributed by atoms with Gasteiger partial charge in [-0.25, -0.2) is 4.39 Å². The molecule has 100 valence electrons. The molecule has 0 radical (unpaired) electrons. The number of aryl methyl sites for hydroxylation is 1. The van der Waals surface area contributed by atoms with Gasteiger partial charge in [0.15, 0.2) is 0 Å². The fourth-order valence-corrected chi connectivity index (χ4v) is 2.22. The van der Waals surface area contributed by atoms with Crippen molar-refractivity contribution in [3.63, 3.8) is 0 Å². The largest absolute Gasteiger partial charge is 0.374 e. The first-order chi connectivity index (χ1) is 8.65. The smallest absolute Gasteiger partial charge is 0.123 e. The van der Waals surface area contributed by atoms with Crippen molar-refractivity contribution in [2.45, 2.75) is 19.6 Å². The molecule has 18 heavy (non-hydrogen) atoms. The SMILES string of the molecule is Cc1cc(F)ccc1CNCC1CN(C)CCO1. The van der Waals surface area contributed by atoms with Crippen LogP contribution >= 0.6 is 0 Å². The van der Waals surface area contributed by atoms with E-state index in [0.29, 0.717) is 0 Å². The van der Waals surface area contributed by atoms with Crippen LogP contribution < -0.4 is 5.32 Å². The van der Waals surface area contributed by atoms with E-state index in [4.69, 9.17) is 4.74 Å². The van der Waals surface area contributed by atoms with Gasteiger partial charge in [0.25, 0.3) is 0 Å². The summed E-state index contributed by atoms with van der Waals surface area (Å²) in [6, 6.07) is 4.92. The van der Waals surface area contributed by atoms with Crippen molar-refractivity contribution in [1.82, 2.24) is 10.2 Å². The Morgan fingerprint density at radius 1 is 1.50 bits per heavy atom. The molecule has 0 aromatic heterocycles. The third-order valence-electron chi connectivity index (χ3n) is 3.33. The maximum absolute atomic E-state index is 13.0. The van der Waals surface area contributed by atoms with Crippen LogP contribution in [0.1, 0.15) is 11.1 Å². The number of halogens is 1. The molecule has 0 spiro atoms. The zero-order valence-corrected chi connectivity index (χ0v) is 11.1. The highest BCUT2D eigenvalue weighted by Crippen LogP contribution is 2.10. The van der Waals surface area contributed by atoms with Crippen LogP contribution in [0.25, 0.3) is 0 Å². The Balaban J connectivity index is 1.77. The molecule has 1 aromatic carbocycles. The maximum atomic E-state index is 13.0. The van der Waals surface area contributed by atoms with Gasteiger partial charge in [-0.05, 0) is 37.2 Å². The van der Waals surface area contributed by atoms with Crippen LogP contribution in [0.15, 0.2) is 18.2 Å². The van der Waals surface area contributed by atoms with Gasteiger partial charge in [0, 0.05) is 26.2 Å². The van der Waals surface area contributed by atoms with E-state index in [1.54, 1.807) is 6.07 Å². The second-order valence-electron chi connectivity index (χ2n) is 4.96. The highest BCUT2D eigenvalue weighted by Gasteiger charge is 2.16. The topological polar surface area (TPSA) is 24.5 Å². The molecule has 2 rings (SSSR count). The van der Waals surface area contributed by atoms with Crippen LogP contribution in [0.4, 0.5) is 4.39 Å². The number of hydrogen-bond acceptors (Lipinski definition) is 3. The maximum Gasteiger partial charge on any atom is 0.123 e. The van der Waals surface area contributed by atoms with Gasteiger partial charge in [-0.15, -0.1) is 0 Å². The van der Waals surface area contributed by atoms with Crippen LogP contribution in [-0.4, -0.2) is 44.3 Å². The lowest BCUT2D eigenvalue weighted by molar-refractivity contribution is -0.0182. The standard InChI is InChI=1S/C14H21FN2O/c1-11-7-13(15)4-3-12(11)8-16-9-14-10-17(2)5-6-18-14/h3-4,7,14,16H,5-6,8-10H2,1-2H3. The Labute approximate surface area is 108 Å². The third kappa shape index (κ3) is 3.77. The molecule has 0 bridgehead atoms. The van der Waals surface area contributed by atoms with Crippen LogP contribution in [0.5, 0.6) is 0 Å². The van der Waals surface area contributed by atoms with E-state index < -0.39 is 0 Å². The van der Waals surface area contributed by atoms with E-state index in [9.17, 15) is 4.39 Å². The minimum absolute atomic E-state index is 0.173. The minimum atomic E-state index is -0.173. The summed E-state index contributed by atoms with van der Waals surface area (Å²) in [5.74, 6) is -0.173. The predicted molar refractivity (Wildman–Crippen MR) is 70.1 cm³/mol. The van der Waals surface area contributed by atoms with Gasteiger partial charge in [-0.2, -0.15) is 0 Å². The van der Waals surface area contributed by atoms with E-state index in [2.05, 4.69) is 17.3 Å². The fraction of sp³-hybridized carbons (Fsp3) is 0.571. The normalized spacial score (nSPS) is 21.2. The van der Waals surface area contributed by atoms with Crippen molar-refractivity contribution in [3.05, 3.63) is 35.1 Å². The zero-order chi connectivity index (χ0) is 13.0. The van der Waals surface area contributed by atoms with Gasteiger partial charge in [-0.3, -0.25) is 0 Å². The van der Waals surface area contributed by atoms with Crippen molar-refractivity contribution in [1.29, 1.82) is 0 Å². The van der Waals surface area contributed by atoms with Crippen molar-refractivity contribution in [3.8, 4) is 0 Å². The molecule has 0 amide bonds. The summed E-state index contributed by atoms with van der Waals surface area (Å²) in [7, 11) is 2.11. The van der Waals surface area contributed by atoms with Gasteiger partial charge in [0.1, 0.15) is 5.82 Å². The lowest BCUT2D eigenvalue weighted by Crippen LogP contribution is -2.44. The number of likely N-dealkylation sites (N-methyl/N-ethyl adjacent to an activating group) is 1. The van der Waals surface area contributed by atoms with Crippen molar-refractivity contribution in [2.75, 3.05) is 33.3 Å². The number of benzene rings is 1. The van der Waals surface area contributed by atoms with E-state index in [1.165, 1.54) is 6.07 Å². The summed E-state index contributed by atoms with van der Waals surface area (Å²) in [4.78, 5) is 2.28. The van der Waals surface area contributed by atoms with Gasteiger partial charge in [0.05, 0.1) is 12.7 Å². The summed E-state index contributed by atoms with van der Waals surface area (Å²) in [5.41, 5.74) is 2.13. The summed E-state index contributed by atoms with van der Waals surface area (Å²) in [6.07, 6.45) is 0.254. The average molecular weight is 252 g/mol. The van der Waals surface area contributed by atoms with Gasteiger partial charge in [0.2, 0.25) is 0 Å². The molecule has 0 aliphatic carbocycles. The highest BCUT2D eigenvalue weighted by atomic mass is 19.1. The Bertz CT molecular complexity index is 397. The van der Waals surface area contributed by atoms with Crippen LogP contribution in [0.3, 0.4) is 0 Å². The van der Waals surface area contributed by atoms with Crippen LogP contribution in [0, 0.1) is 12.7 Å². The molecule has 3 nitrogen and oxygen atoms in total. The number of ether oxygens (including phenoxy) is 1. The molecule has 0 saturated carbocycles. The molecule has 1 aliphatic heterocycles. The number of hydrogen-bond donors (Lipinski definition) is 1. The van der Waals surface area contributed by atoms with Gasteiger partial charge < -0.3 is 15.0 Å². The van der Waals surface area contributed by atoms with E-state index in [-0.39, 0.29) is 11.9 Å². The Hall–Kier alpha value is -0.970. The summed E-state index contributed by atoms with van der Waals surface area (Å²) in [5, 5.41) is 3.38. The van der Waals surface area contributed by atoms with Gasteiger partial charge in [-0.1, -0.05) is 6.07 Å². The molecule has 1 aliphatic rings. The van der Waals surface area contributed by atoms with E-state index in [1.807, 2.05) is 13.0 Å². The number of rotatable bonds is 4. The molecular weight excluding hydrogens is 231 g/mol.